The molecule has 0 atom stereocenters. The second-order valence-corrected chi connectivity index (χ2v) is 8.03. The van der Waals surface area contributed by atoms with Gasteiger partial charge in [-0.15, -0.1) is 0 Å². The van der Waals surface area contributed by atoms with Crippen molar-refractivity contribution in [3.8, 4) is 0 Å². The zero-order valence-corrected chi connectivity index (χ0v) is 19.9. The first kappa shape index (κ1) is 31.4. The fourth-order valence-corrected chi connectivity index (χ4v) is 3.31. The fourth-order valence-electron chi connectivity index (χ4n) is 3.31. The summed E-state index contributed by atoms with van der Waals surface area (Å²) >= 11 is 0. The standard InChI is InChI=1S/C20H47N9O4/c30-19(31)17-15-13-11-9-7-5-3-1-2-4-6-8-10-12-14-16-18-21-23-25-27-29-28-26-24-22-20(32)33/h21-29H,1-18H2,(H,30,31)(H,32,33). The molecule has 13 nitrogen and oxygen atoms in total. The SMILES string of the molecule is O=C(O)CCCCCCCCCCCCCCCCCCNNNNNNNNNC(=O)O. The molecule has 0 aromatic carbocycles. The lowest BCUT2D eigenvalue weighted by molar-refractivity contribution is -0.137. The number of rotatable bonds is 27. The summed E-state index contributed by atoms with van der Waals surface area (Å²) in [6.07, 6.45) is 19.0. The van der Waals surface area contributed by atoms with E-state index in [1.807, 2.05) is 5.43 Å². The average Bonchev–Trinajstić information content (AvgIpc) is 2.78. The Morgan fingerprint density at radius 1 is 0.455 bits per heavy atom. The first-order chi connectivity index (χ1) is 16.1. The van der Waals surface area contributed by atoms with Crippen LogP contribution < -0.4 is 49.6 Å². The lowest BCUT2D eigenvalue weighted by atomic mass is 10.0. The quantitative estimate of drug-likeness (QED) is 0.0612. The molecule has 0 saturated heterocycles. The lowest BCUT2D eigenvalue weighted by Gasteiger charge is -2.12. The van der Waals surface area contributed by atoms with Crippen molar-refractivity contribution in [2.24, 2.45) is 0 Å². The molecule has 0 unspecified atom stereocenters. The smallest absolute Gasteiger partial charge is 0.420 e. The molecule has 0 saturated carbocycles. The Hall–Kier alpha value is -1.58. The van der Waals surface area contributed by atoms with Gasteiger partial charge in [0.05, 0.1) is 0 Å². The van der Waals surface area contributed by atoms with Crippen molar-refractivity contribution in [1.29, 1.82) is 0 Å². The van der Waals surface area contributed by atoms with Gasteiger partial charge in [0.25, 0.3) is 0 Å². The van der Waals surface area contributed by atoms with Crippen LogP contribution in [0.25, 0.3) is 0 Å². The maximum Gasteiger partial charge on any atom is 0.420 e. The maximum absolute atomic E-state index is 10.4. The highest BCUT2D eigenvalue weighted by Gasteiger charge is 1.97. The Labute approximate surface area is 197 Å². The van der Waals surface area contributed by atoms with Crippen LogP contribution in [-0.2, 0) is 4.79 Å². The van der Waals surface area contributed by atoms with E-state index in [9.17, 15) is 9.59 Å². The van der Waals surface area contributed by atoms with Gasteiger partial charge in [-0.25, -0.2) is 15.6 Å². The summed E-state index contributed by atoms with van der Waals surface area (Å²) < 4.78 is 0. The largest absolute Gasteiger partial charge is 0.481 e. The Morgan fingerprint density at radius 2 is 0.818 bits per heavy atom. The number of carboxylic acids is 1. The number of carbonyl (C=O) groups is 2. The van der Waals surface area contributed by atoms with E-state index < -0.39 is 12.1 Å². The van der Waals surface area contributed by atoms with E-state index in [0.717, 1.165) is 25.8 Å². The molecular weight excluding hydrogens is 430 g/mol. The summed E-state index contributed by atoms with van der Waals surface area (Å²) in [5, 5.41) is 16.9. The molecule has 196 valence electrons. The van der Waals surface area contributed by atoms with E-state index in [-0.39, 0.29) is 0 Å². The number of carboxylic acid groups (broad SMARTS) is 2. The summed E-state index contributed by atoms with van der Waals surface area (Å²) in [5.74, 6) is -0.675. The molecular formula is C20H47N9O4. The number of nitrogens with one attached hydrogen (secondary N) is 9. The Morgan fingerprint density at radius 3 is 1.24 bits per heavy atom. The Kier molecular flexibility index (Phi) is 25.4. The molecule has 0 aliphatic carbocycles. The predicted octanol–water partition coefficient (Wildman–Crippen LogP) is 2.01. The molecule has 0 fully saturated rings. The van der Waals surface area contributed by atoms with Gasteiger partial charge in [0, 0.05) is 13.0 Å². The third-order valence-electron chi connectivity index (χ3n) is 5.08. The first-order valence-electron chi connectivity index (χ1n) is 12.3. The second kappa shape index (κ2) is 26.7. The van der Waals surface area contributed by atoms with Crippen LogP contribution in [0.1, 0.15) is 109 Å². The van der Waals surface area contributed by atoms with Crippen molar-refractivity contribution in [3.63, 3.8) is 0 Å². The van der Waals surface area contributed by atoms with E-state index >= 15 is 0 Å². The topological polar surface area (TPSA) is 183 Å². The van der Waals surface area contributed by atoms with Crippen LogP contribution in [0.3, 0.4) is 0 Å². The molecule has 0 rings (SSSR count). The van der Waals surface area contributed by atoms with E-state index in [0.29, 0.717) is 6.42 Å². The molecule has 33 heavy (non-hydrogen) atoms. The van der Waals surface area contributed by atoms with Crippen molar-refractivity contribution in [2.45, 2.75) is 109 Å². The van der Waals surface area contributed by atoms with Crippen LogP contribution in [0.2, 0.25) is 0 Å². The molecule has 0 radical (unpaired) electrons. The van der Waals surface area contributed by atoms with Gasteiger partial charge in [-0.3, -0.25) is 4.79 Å². The highest BCUT2D eigenvalue weighted by molar-refractivity contribution is 5.66. The van der Waals surface area contributed by atoms with E-state index in [1.165, 1.54) is 83.5 Å². The average molecular weight is 478 g/mol. The Bertz CT molecular complexity index is 410. The number of hydrogen-bond acceptors (Lipinski definition) is 10. The first-order valence-corrected chi connectivity index (χ1v) is 12.3. The van der Waals surface area contributed by atoms with Crippen molar-refractivity contribution in [1.82, 2.24) is 49.6 Å². The van der Waals surface area contributed by atoms with Crippen LogP contribution in [0.15, 0.2) is 0 Å². The van der Waals surface area contributed by atoms with E-state index in [1.54, 1.807) is 0 Å². The normalized spacial score (nSPS) is 11.0. The van der Waals surface area contributed by atoms with Gasteiger partial charge in [0.2, 0.25) is 0 Å². The van der Waals surface area contributed by atoms with Gasteiger partial charge in [-0.05, 0) is 12.8 Å². The maximum atomic E-state index is 10.4. The second-order valence-electron chi connectivity index (χ2n) is 8.03. The predicted molar refractivity (Wildman–Crippen MR) is 127 cm³/mol. The zero-order valence-electron chi connectivity index (χ0n) is 19.9. The molecule has 0 aliphatic heterocycles. The molecule has 11 N–H and O–H groups in total. The van der Waals surface area contributed by atoms with Gasteiger partial charge in [0.1, 0.15) is 0 Å². The molecule has 0 aliphatic rings. The third-order valence-corrected chi connectivity index (χ3v) is 5.08. The van der Waals surface area contributed by atoms with Gasteiger partial charge in [-0.1, -0.05) is 89.9 Å². The van der Waals surface area contributed by atoms with Gasteiger partial charge in [0.15, 0.2) is 0 Å². The summed E-state index contributed by atoms with van der Waals surface area (Å²) in [6, 6.07) is 0. The van der Waals surface area contributed by atoms with E-state index in [4.69, 9.17) is 10.2 Å². The minimum atomic E-state index is -1.21. The van der Waals surface area contributed by atoms with Crippen LogP contribution in [0.4, 0.5) is 4.79 Å². The number of hydrogen-bond donors (Lipinski definition) is 11. The Balaban J connectivity index is 3.02. The van der Waals surface area contributed by atoms with Gasteiger partial charge in [-0.2, -0.15) is 38.7 Å². The molecule has 0 heterocycles. The number of unbranched alkanes of at least 4 members (excludes halogenated alkanes) is 15. The van der Waals surface area contributed by atoms with Crippen molar-refractivity contribution in [2.75, 3.05) is 6.54 Å². The monoisotopic (exact) mass is 477 g/mol. The number of amides is 1. The zero-order chi connectivity index (χ0) is 24.2. The molecule has 1 amide bonds. The highest BCUT2D eigenvalue weighted by Crippen LogP contribution is 2.13. The number of aliphatic carboxylic acids is 1. The van der Waals surface area contributed by atoms with Gasteiger partial charge >= 0.3 is 12.1 Å². The third kappa shape index (κ3) is 30.4. The summed E-state index contributed by atoms with van der Waals surface area (Å²) in [4.78, 5) is 20.6. The van der Waals surface area contributed by atoms with Crippen LogP contribution in [0, 0.1) is 0 Å². The minimum absolute atomic E-state index is 0.317. The summed E-state index contributed by atoms with van der Waals surface area (Å²) in [7, 11) is 0. The fraction of sp³-hybridized carbons (Fsp3) is 0.900. The lowest BCUT2D eigenvalue weighted by Crippen LogP contribution is -2.64. The summed E-state index contributed by atoms with van der Waals surface area (Å²) in [6.45, 7) is 0.854. The highest BCUT2D eigenvalue weighted by atomic mass is 16.4. The molecule has 0 spiro atoms. The van der Waals surface area contributed by atoms with Crippen molar-refractivity contribution in [3.05, 3.63) is 0 Å². The molecule has 13 heteroatoms. The summed E-state index contributed by atoms with van der Waals surface area (Å²) in [5.41, 5.74) is 22.2. The molecule has 0 aromatic heterocycles. The van der Waals surface area contributed by atoms with Crippen LogP contribution in [-0.4, -0.2) is 28.8 Å². The molecule has 0 aromatic rings. The van der Waals surface area contributed by atoms with Crippen LogP contribution in [0.5, 0.6) is 0 Å². The number of hydrazine groups is 8. The van der Waals surface area contributed by atoms with Crippen molar-refractivity contribution >= 4 is 12.1 Å². The molecule has 0 bridgehead atoms. The van der Waals surface area contributed by atoms with E-state index in [2.05, 4.69) is 44.2 Å². The van der Waals surface area contributed by atoms with Crippen molar-refractivity contribution < 1.29 is 19.8 Å². The van der Waals surface area contributed by atoms with Gasteiger partial charge < -0.3 is 10.2 Å². The van der Waals surface area contributed by atoms with Crippen LogP contribution >= 0.6 is 0 Å². The minimum Gasteiger partial charge on any atom is -0.481 e.